The molecule has 0 saturated heterocycles. The molecule has 0 unspecified atom stereocenters. The number of hydrogen-bond donors (Lipinski definition) is 0. The Bertz CT molecular complexity index is 407. The first-order valence-electron chi connectivity index (χ1n) is 12.9. The van der Waals surface area contributed by atoms with Crippen LogP contribution in [0.1, 0.15) is 117 Å². The van der Waals surface area contributed by atoms with Gasteiger partial charge in [0.15, 0.2) is 6.29 Å². The summed E-state index contributed by atoms with van der Waals surface area (Å²) in [6.07, 6.45) is 23.9. The van der Waals surface area contributed by atoms with E-state index >= 15 is 0 Å². The van der Waals surface area contributed by atoms with Crippen molar-refractivity contribution in [1.82, 2.24) is 0 Å². The summed E-state index contributed by atoms with van der Waals surface area (Å²) in [4.78, 5) is 12.0. The van der Waals surface area contributed by atoms with Gasteiger partial charge < -0.3 is 14.2 Å². The first-order valence-corrected chi connectivity index (χ1v) is 12.9. The lowest BCUT2D eigenvalue weighted by atomic mass is 10.2. The number of hydrogen-bond acceptors (Lipinski definition) is 4. The lowest BCUT2D eigenvalue weighted by molar-refractivity contribution is -0.159. The molecule has 0 saturated carbocycles. The van der Waals surface area contributed by atoms with Crippen LogP contribution in [0.15, 0.2) is 24.3 Å². The second-order valence-electron chi connectivity index (χ2n) is 8.10. The zero-order chi connectivity index (χ0) is 22.8. The van der Waals surface area contributed by atoms with Crippen molar-refractivity contribution >= 4 is 5.97 Å². The topological polar surface area (TPSA) is 44.8 Å². The van der Waals surface area contributed by atoms with E-state index in [9.17, 15) is 4.79 Å². The van der Waals surface area contributed by atoms with Gasteiger partial charge in [-0.15, -0.1) is 0 Å². The fraction of sp³-hybridized carbons (Fsp3) is 0.815. The molecule has 0 amide bonds. The normalized spacial score (nSPS) is 11.9. The van der Waals surface area contributed by atoms with Crippen molar-refractivity contribution < 1.29 is 19.0 Å². The van der Waals surface area contributed by atoms with Crippen LogP contribution in [-0.4, -0.2) is 32.1 Å². The summed E-state index contributed by atoms with van der Waals surface area (Å²) in [5.41, 5.74) is 0. The minimum absolute atomic E-state index is 0.137. The van der Waals surface area contributed by atoms with Gasteiger partial charge in [-0.2, -0.15) is 0 Å². The fourth-order valence-electron chi connectivity index (χ4n) is 3.14. The van der Waals surface area contributed by atoms with Gasteiger partial charge in [0.1, 0.15) is 0 Å². The maximum atomic E-state index is 12.0. The molecule has 0 bridgehead atoms. The van der Waals surface area contributed by atoms with Gasteiger partial charge in [0.05, 0.1) is 13.0 Å². The molecule has 0 atom stereocenters. The van der Waals surface area contributed by atoms with Crippen molar-refractivity contribution in [2.45, 2.75) is 123 Å². The van der Waals surface area contributed by atoms with E-state index in [1.54, 1.807) is 0 Å². The maximum absolute atomic E-state index is 12.0. The molecule has 0 fully saturated rings. The van der Waals surface area contributed by atoms with E-state index in [2.05, 4.69) is 45.1 Å². The molecule has 4 nitrogen and oxygen atoms in total. The molecule has 0 aromatic carbocycles. The standard InChI is InChI=1S/C27H50O4/c1-4-7-10-13-16-19-24-30-27(31-25-20-17-14-11-8-5-2)22-21-26(28)29-23-18-15-12-9-6-3/h7-8,10-11,27H,4-6,9,12-25H2,1-3H3/b10-7-,11-8-. The van der Waals surface area contributed by atoms with E-state index in [4.69, 9.17) is 14.2 Å². The Balaban J connectivity index is 4.07. The molecular formula is C27H50O4. The van der Waals surface area contributed by atoms with Gasteiger partial charge in [0, 0.05) is 19.6 Å². The molecule has 0 aliphatic rings. The maximum Gasteiger partial charge on any atom is 0.305 e. The van der Waals surface area contributed by atoms with Crippen LogP contribution in [0, 0.1) is 0 Å². The zero-order valence-corrected chi connectivity index (χ0v) is 20.7. The number of carbonyl (C=O) groups is 1. The fourth-order valence-corrected chi connectivity index (χ4v) is 3.14. The Kier molecular flexibility index (Phi) is 24.2. The first-order chi connectivity index (χ1) is 15.2. The SMILES string of the molecule is CC/C=C\CCCCOC(CCC(=O)OCCCCCCC)OCCCC/C=C\CC. The van der Waals surface area contributed by atoms with Crippen molar-refractivity contribution in [2.24, 2.45) is 0 Å². The molecule has 0 aromatic rings. The predicted octanol–water partition coefficient (Wildman–Crippen LogP) is 7.91. The van der Waals surface area contributed by atoms with Crippen LogP contribution in [-0.2, 0) is 19.0 Å². The second-order valence-corrected chi connectivity index (χ2v) is 8.10. The van der Waals surface area contributed by atoms with Crippen molar-refractivity contribution in [3.63, 3.8) is 0 Å². The van der Waals surface area contributed by atoms with E-state index < -0.39 is 0 Å². The highest BCUT2D eigenvalue weighted by atomic mass is 16.7. The summed E-state index contributed by atoms with van der Waals surface area (Å²) in [6, 6.07) is 0. The van der Waals surface area contributed by atoms with Gasteiger partial charge in [-0.1, -0.05) is 70.8 Å². The minimum atomic E-state index is -0.311. The molecule has 0 aromatic heterocycles. The molecule has 0 spiro atoms. The molecular weight excluding hydrogens is 388 g/mol. The molecule has 0 aliphatic heterocycles. The highest BCUT2D eigenvalue weighted by molar-refractivity contribution is 5.69. The number of ether oxygens (including phenoxy) is 3. The Hall–Kier alpha value is -1.13. The van der Waals surface area contributed by atoms with Crippen LogP contribution >= 0.6 is 0 Å². The third-order valence-corrected chi connectivity index (χ3v) is 5.04. The van der Waals surface area contributed by atoms with Crippen molar-refractivity contribution in [3.05, 3.63) is 24.3 Å². The van der Waals surface area contributed by atoms with Gasteiger partial charge in [-0.25, -0.2) is 0 Å². The second kappa shape index (κ2) is 25.1. The molecule has 31 heavy (non-hydrogen) atoms. The summed E-state index contributed by atoms with van der Waals surface area (Å²) in [5.74, 6) is -0.137. The van der Waals surface area contributed by atoms with Crippen LogP contribution in [0.25, 0.3) is 0 Å². The molecule has 0 rings (SSSR count). The summed E-state index contributed by atoms with van der Waals surface area (Å²) in [6.45, 7) is 8.39. The van der Waals surface area contributed by atoms with E-state index in [-0.39, 0.29) is 12.3 Å². The van der Waals surface area contributed by atoms with Gasteiger partial charge in [0.25, 0.3) is 0 Å². The number of rotatable bonds is 23. The van der Waals surface area contributed by atoms with Gasteiger partial charge in [-0.05, 0) is 57.8 Å². The number of carbonyl (C=O) groups excluding carboxylic acids is 1. The van der Waals surface area contributed by atoms with E-state index in [1.165, 1.54) is 19.3 Å². The van der Waals surface area contributed by atoms with Gasteiger partial charge >= 0.3 is 5.97 Å². The molecule has 182 valence electrons. The lowest BCUT2D eigenvalue weighted by Gasteiger charge is -2.18. The highest BCUT2D eigenvalue weighted by Crippen LogP contribution is 2.10. The molecule has 4 heteroatoms. The van der Waals surface area contributed by atoms with Crippen LogP contribution in [0.4, 0.5) is 0 Å². The predicted molar refractivity (Wildman–Crippen MR) is 131 cm³/mol. The Morgan fingerprint density at radius 3 is 1.77 bits per heavy atom. The quantitative estimate of drug-likeness (QED) is 0.0703. The third kappa shape index (κ3) is 23.4. The third-order valence-electron chi connectivity index (χ3n) is 5.04. The number of esters is 1. The molecule has 0 N–H and O–H groups in total. The summed E-state index contributed by atoms with van der Waals surface area (Å²) < 4.78 is 17.3. The largest absolute Gasteiger partial charge is 0.466 e. The molecule has 0 heterocycles. The Labute approximate surface area is 192 Å². The lowest BCUT2D eigenvalue weighted by Crippen LogP contribution is -2.21. The summed E-state index contributed by atoms with van der Waals surface area (Å²) in [5, 5.41) is 0. The van der Waals surface area contributed by atoms with Crippen molar-refractivity contribution in [1.29, 1.82) is 0 Å². The van der Waals surface area contributed by atoms with E-state index in [0.717, 1.165) is 64.2 Å². The van der Waals surface area contributed by atoms with E-state index in [1.807, 2.05) is 0 Å². The first kappa shape index (κ1) is 29.9. The summed E-state index contributed by atoms with van der Waals surface area (Å²) >= 11 is 0. The Morgan fingerprint density at radius 2 is 1.23 bits per heavy atom. The van der Waals surface area contributed by atoms with Crippen molar-refractivity contribution in [2.75, 3.05) is 19.8 Å². The van der Waals surface area contributed by atoms with E-state index in [0.29, 0.717) is 32.7 Å². The van der Waals surface area contributed by atoms with Crippen molar-refractivity contribution in [3.8, 4) is 0 Å². The Morgan fingerprint density at radius 1 is 0.677 bits per heavy atom. The highest BCUT2D eigenvalue weighted by Gasteiger charge is 2.13. The minimum Gasteiger partial charge on any atom is -0.466 e. The number of allylic oxidation sites excluding steroid dienone is 4. The summed E-state index contributed by atoms with van der Waals surface area (Å²) in [7, 11) is 0. The van der Waals surface area contributed by atoms with Crippen LogP contribution in [0.5, 0.6) is 0 Å². The molecule has 0 radical (unpaired) electrons. The van der Waals surface area contributed by atoms with Gasteiger partial charge in [0.2, 0.25) is 0 Å². The zero-order valence-electron chi connectivity index (χ0n) is 20.7. The van der Waals surface area contributed by atoms with Crippen LogP contribution < -0.4 is 0 Å². The average molecular weight is 439 g/mol. The number of unbranched alkanes of at least 4 members (excludes halogenated alkanes) is 8. The smallest absolute Gasteiger partial charge is 0.305 e. The van der Waals surface area contributed by atoms with Crippen LogP contribution in [0.2, 0.25) is 0 Å². The van der Waals surface area contributed by atoms with Gasteiger partial charge in [-0.3, -0.25) is 4.79 Å². The molecule has 0 aliphatic carbocycles. The monoisotopic (exact) mass is 438 g/mol. The average Bonchev–Trinajstić information content (AvgIpc) is 2.77. The van der Waals surface area contributed by atoms with Crippen LogP contribution in [0.3, 0.4) is 0 Å².